The Balaban J connectivity index is 0.00000166. The first-order chi connectivity index (χ1) is 15.0. The number of hydrogen-bond donors (Lipinski definition) is 0. The summed E-state index contributed by atoms with van der Waals surface area (Å²) in [6.45, 7) is 12.2. The molecule has 0 spiro atoms. The Morgan fingerprint density at radius 3 is 2.45 bits per heavy atom. The van der Waals surface area contributed by atoms with Gasteiger partial charge in [0, 0.05) is 12.4 Å². The third-order valence-corrected chi connectivity index (χ3v) is 4.99. The first kappa shape index (κ1) is 23.9. The second kappa shape index (κ2) is 11.8. The topological polar surface area (TPSA) is 31.2 Å². The molecule has 0 unspecified atom stereocenters. The van der Waals surface area contributed by atoms with Crippen LogP contribution in [0.1, 0.15) is 37.5 Å². The van der Waals surface area contributed by atoms with Crippen molar-refractivity contribution in [2.75, 3.05) is 0 Å². The normalized spacial score (nSPS) is 11.3. The summed E-state index contributed by atoms with van der Waals surface area (Å²) in [6, 6.07) is 16.1. The molecule has 1 aromatic heterocycles. The van der Waals surface area contributed by atoms with E-state index in [0.29, 0.717) is 24.3 Å². The Morgan fingerprint density at radius 2 is 1.77 bits per heavy atom. The number of para-hydroxylation sites is 1. The molecule has 0 aliphatic carbocycles. The van der Waals surface area contributed by atoms with Gasteiger partial charge in [0.2, 0.25) is 0 Å². The summed E-state index contributed by atoms with van der Waals surface area (Å²) in [4.78, 5) is 13.1. The number of benzene rings is 2. The van der Waals surface area contributed by atoms with Crippen LogP contribution in [0.25, 0.3) is 10.9 Å². The third kappa shape index (κ3) is 6.08. The summed E-state index contributed by atoms with van der Waals surface area (Å²) in [7, 11) is 1.81. The predicted octanol–water partition coefficient (Wildman–Crippen LogP) is 6.68. The number of nitrogens with zero attached hydrogens (tertiary/aromatic N) is 1. The van der Waals surface area contributed by atoms with Gasteiger partial charge in [-0.25, -0.2) is 0 Å². The highest BCUT2D eigenvalue weighted by molar-refractivity contribution is 5.86. The van der Waals surface area contributed by atoms with Crippen molar-refractivity contribution in [2.24, 2.45) is 7.05 Å². The molecule has 0 radical (unpaired) electrons. The molecule has 0 saturated carbocycles. The highest BCUT2D eigenvalue weighted by Crippen LogP contribution is 2.28. The highest BCUT2D eigenvalue weighted by atomic mass is 16.5. The van der Waals surface area contributed by atoms with Gasteiger partial charge in [-0.15, -0.1) is 0 Å². The monoisotopic (exact) mass is 415 g/mol. The van der Waals surface area contributed by atoms with Crippen molar-refractivity contribution in [1.29, 1.82) is 0 Å². The quantitative estimate of drug-likeness (QED) is 0.403. The molecule has 0 N–H and O–H groups in total. The van der Waals surface area contributed by atoms with Crippen LogP contribution in [0.5, 0.6) is 5.75 Å². The highest BCUT2D eigenvalue weighted by Gasteiger charge is 2.15. The van der Waals surface area contributed by atoms with E-state index in [9.17, 15) is 4.79 Å². The second-order valence-electron chi connectivity index (χ2n) is 7.21. The molecule has 2 aromatic carbocycles. The number of ether oxygens (including phenoxy) is 1. The van der Waals surface area contributed by atoms with E-state index >= 15 is 0 Å². The number of aromatic nitrogens is 1. The zero-order valence-electron chi connectivity index (χ0n) is 19.3. The summed E-state index contributed by atoms with van der Waals surface area (Å²) in [5.41, 5.74) is 4.86. The molecule has 162 valence electrons. The van der Waals surface area contributed by atoms with Crippen molar-refractivity contribution in [2.45, 2.75) is 40.7 Å². The van der Waals surface area contributed by atoms with Crippen LogP contribution in [0.4, 0.5) is 0 Å². The van der Waals surface area contributed by atoms with Crippen LogP contribution in [0, 0.1) is 6.92 Å². The van der Waals surface area contributed by atoms with Crippen molar-refractivity contribution in [3.63, 3.8) is 0 Å². The molecule has 31 heavy (non-hydrogen) atoms. The van der Waals surface area contributed by atoms with Crippen LogP contribution in [-0.4, -0.2) is 4.57 Å². The van der Waals surface area contributed by atoms with Gasteiger partial charge in [-0.1, -0.05) is 92.3 Å². The van der Waals surface area contributed by atoms with Crippen molar-refractivity contribution in [3.05, 3.63) is 112 Å². The molecule has 1 heterocycles. The Kier molecular flexibility index (Phi) is 9.08. The van der Waals surface area contributed by atoms with E-state index in [-0.39, 0.29) is 5.56 Å². The maximum atomic E-state index is 13.1. The molecular formula is C28H33NO2. The van der Waals surface area contributed by atoms with Crippen molar-refractivity contribution in [1.82, 2.24) is 4.57 Å². The molecule has 0 fully saturated rings. The number of fused-ring (bicyclic) bond motifs is 1. The van der Waals surface area contributed by atoms with Gasteiger partial charge in [-0.05, 0) is 38.0 Å². The summed E-state index contributed by atoms with van der Waals surface area (Å²) < 4.78 is 7.93. The number of pyridine rings is 1. The van der Waals surface area contributed by atoms with E-state index in [1.165, 1.54) is 5.56 Å². The average molecular weight is 416 g/mol. The molecule has 0 aliphatic rings. The molecule has 0 atom stereocenters. The fourth-order valence-electron chi connectivity index (χ4n) is 3.19. The van der Waals surface area contributed by atoms with Crippen LogP contribution in [0.15, 0.2) is 89.8 Å². The van der Waals surface area contributed by atoms with E-state index in [1.807, 2.05) is 70.3 Å². The lowest BCUT2D eigenvalue weighted by molar-refractivity contribution is 0.306. The minimum absolute atomic E-state index is 0.0309. The molecule has 0 aliphatic heterocycles. The van der Waals surface area contributed by atoms with Gasteiger partial charge in [0.25, 0.3) is 5.56 Å². The van der Waals surface area contributed by atoms with E-state index in [2.05, 4.69) is 37.8 Å². The lowest BCUT2D eigenvalue weighted by atomic mass is 10.1. The SMILES string of the molecule is C=C/C(C)=C\C=C\Cc1c(OCc2ccc(C)cc2)c2ccccc2n(C)c1=O.CC. The lowest BCUT2D eigenvalue weighted by Gasteiger charge is -2.16. The zero-order valence-corrected chi connectivity index (χ0v) is 19.3. The third-order valence-electron chi connectivity index (χ3n) is 4.99. The van der Waals surface area contributed by atoms with Crippen LogP contribution in [0.3, 0.4) is 0 Å². The van der Waals surface area contributed by atoms with Crippen molar-refractivity contribution in [3.8, 4) is 5.75 Å². The number of allylic oxidation sites excluding steroid dienone is 5. The summed E-state index contributed by atoms with van der Waals surface area (Å²) in [6.07, 6.45) is 8.22. The zero-order chi connectivity index (χ0) is 22.8. The van der Waals surface area contributed by atoms with Gasteiger partial charge >= 0.3 is 0 Å². The van der Waals surface area contributed by atoms with Gasteiger partial charge in [0.15, 0.2) is 0 Å². The first-order valence-corrected chi connectivity index (χ1v) is 10.8. The van der Waals surface area contributed by atoms with Crippen LogP contribution in [0.2, 0.25) is 0 Å². The molecule has 3 rings (SSSR count). The summed E-state index contributed by atoms with van der Waals surface area (Å²) in [5.74, 6) is 0.665. The van der Waals surface area contributed by atoms with Crippen molar-refractivity contribution < 1.29 is 4.74 Å². The molecule has 3 nitrogen and oxygen atoms in total. The summed E-state index contributed by atoms with van der Waals surface area (Å²) in [5, 5.41) is 0.947. The number of aryl methyl sites for hydroxylation is 2. The summed E-state index contributed by atoms with van der Waals surface area (Å²) >= 11 is 0. The van der Waals surface area contributed by atoms with Gasteiger partial charge in [-0.2, -0.15) is 0 Å². The molecule has 3 aromatic rings. The molecule has 0 saturated heterocycles. The van der Waals surface area contributed by atoms with Crippen LogP contribution < -0.4 is 10.3 Å². The minimum atomic E-state index is -0.0309. The van der Waals surface area contributed by atoms with Crippen LogP contribution in [-0.2, 0) is 20.1 Å². The van der Waals surface area contributed by atoms with Gasteiger partial charge in [-0.3, -0.25) is 4.79 Å². The predicted molar refractivity (Wildman–Crippen MR) is 133 cm³/mol. The van der Waals surface area contributed by atoms with E-state index in [0.717, 1.165) is 22.0 Å². The van der Waals surface area contributed by atoms with E-state index in [4.69, 9.17) is 4.74 Å². The van der Waals surface area contributed by atoms with E-state index in [1.54, 1.807) is 10.6 Å². The largest absolute Gasteiger partial charge is 0.488 e. The minimum Gasteiger partial charge on any atom is -0.488 e. The maximum absolute atomic E-state index is 13.1. The molecule has 0 amide bonds. The second-order valence-corrected chi connectivity index (χ2v) is 7.21. The van der Waals surface area contributed by atoms with Gasteiger partial charge in [0.1, 0.15) is 12.4 Å². The lowest BCUT2D eigenvalue weighted by Crippen LogP contribution is -2.22. The van der Waals surface area contributed by atoms with E-state index < -0.39 is 0 Å². The van der Waals surface area contributed by atoms with Gasteiger partial charge < -0.3 is 9.30 Å². The smallest absolute Gasteiger partial charge is 0.258 e. The van der Waals surface area contributed by atoms with Crippen molar-refractivity contribution >= 4 is 10.9 Å². The Labute approximate surface area is 186 Å². The average Bonchev–Trinajstić information content (AvgIpc) is 2.81. The molecule has 3 heteroatoms. The maximum Gasteiger partial charge on any atom is 0.258 e. The fraction of sp³-hybridized carbons (Fsp3) is 0.250. The number of rotatable bonds is 7. The Morgan fingerprint density at radius 1 is 1.10 bits per heavy atom. The molecular weight excluding hydrogens is 382 g/mol. The molecule has 0 bridgehead atoms. The van der Waals surface area contributed by atoms with Crippen LogP contribution >= 0.6 is 0 Å². The Hall–Kier alpha value is -3.33. The first-order valence-electron chi connectivity index (χ1n) is 10.8. The number of hydrogen-bond acceptors (Lipinski definition) is 2. The standard InChI is InChI=1S/C26H27NO2.C2H6/c1-5-19(2)10-6-7-12-23-25(29-18-21-16-14-20(3)15-17-21)22-11-8-9-13-24(22)27(4)26(23)28;1-2/h5-11,13-17H,1,12,18H2,2-4H3;1-2H3/b7-6+,19-10-;. The fourth-order valence-corrected chi connectivity index (χ4v) is 3.19. The Bertz CT molecular complexity index is 1130. The van der Waals surface area contributed by atoms with Gasteiger partial charge in [0.05, 0.1) is 11.1 Å².